The largest absolute Gasteiger partial charge is 0.494 e. The molecule has 0 aliphatic heterocycles. The number of nitrogens with zero attached hydrogens (tertiary/aromatic N) is 2. The molecule has 0 atom stereocenters. The molecule has 2 aromatic carbocycles. The summed E-state index contributed by atoms with van der Waals surface area (Å²) in [5.41, 5.74) is 6.65. The maximum absolute atomic E-state index is 13.2. The van der Waals surface area contributed by atoms with Crippen molar-refractivity contribution >= 4 is 28.4 Å². The molecule has 0 spiro atoms. The Morgan fingerprint density at radius 2 is 1.94 bits per heavy atom. The van der Waals surface area contributed by atoms with Crippen molar-refractivity contribution in [2.24, 2.45) is 5.73 Å². The Bertz CT molecular complexity index is 1400. The second-order valence-electron chi connectivity index (χ2n) is 7.62. The first kappa shape index (κ1) is 24.5. The van der Waals surface area contributed by atoms with Gasteiger partial charge in [0, 0.05) is 22.5 Å². The highest BCUT2D eigenvalue weighted by Gasteiger charge is 2.33. The number of benzene rings is 2. The summed E-state index contributed by atoms with van der Waals surface area (Å²) in [4.78, 5) is 20.9. The third-order valence-corrected chi connectivity index (χ3v) is 5.79. The molecule has 0 unspecified atom stereocenters. The van der Waals surface area contributed by atoms with Gasteiger partial charge in [-0.25, -0.2) is 9.97 Å². The maximum Gasteiger partial charge on any atom is 0.433 e. The van der Waals surface area contributed by atoms with Gasteiger partial charge < -0.3 is 20.2 Å². The normalized spacial score (nSPS) is 11.6. The predicted octanol–water partition coefficient (Wildman–Crippen LogP) is 5.27. The summed E-state index contributed by atoms with van der Waals surface area (Å²) in [6.07, 6.45) is -4.63. The van der Waals surface area contributed by atoms with E-state index in [1.165, 1.54) is 19.2 Å². The van der Waals surface area contributed by atoms with Gasteiger partial charge in [0.05, 0.1) is 13.7 Å². The smallest absolute Gasteiger partial charge is 0.433 e. The minimum atomic E-state index is -4.63. The Morgan fingerprint density at radius 3 is 2.60 bits per heavy atom. The molecule has 3 N–H and O–H groups in total. The molecule has 0 saturated carbocycles. The zero-order valence-electron chi connectivity index (χ0n) is 18.7. The van der Waals surface area contributed by atoms with Crippen LogP contribution in [-0.2, 0) is 19.3 Å². The van der Waals surface area contributed by atoms with Crippen molar-refractivity contribution in [2.75, 3.05) is 7.11 Å². The number of carbonyl (C=O) groups excluding carboxylic acids is 1. The predicted molar refractivity (Wildman–Crippen MR) is 124 cm³/mol. The van der Waals surface area contributed by atoms with Crippen molar-refractivity contribution in [2.45, 2.75) is 26.2 Å². The van der Waals surface area contributed by atoms with Gasteiger partial charge in [0.25, 0.3) is 5.91 Å². The summed E-state index contributed by atoms with van der Waals surface area (Å²) < 4.78 is 50.6. The molecule has 0 fully saturated rings. The molecular formula is C24H20ClF3N4O3. The number of hydrogen-bond donors (Lipinski definition) is 2. The summed E-state index contributed by atoms with van der Waals surface area (Å²) in [5.74, 6) is -0.250. The number of carbonyl (C=O) groups is 1. The van der Waals surface area contributed by atoms with Gasteiger partial charge in [0.1, 0.15) is 17.0 Å². The summed E-state index contributed by atoms with van der Waals surface area (Å²) in [6, 6.07) is 10.6. The minimum absolute atomic E-state index is 0.0127. The fourth-order valence-electron chi connectivity index (χ4n) is 3.63. The van der Waals surface area contributed by atoms with E-state index in [1.54, 1.807) is 12.1 Å². The number of aromatic nitrogens is 2. The number of ether oxygens (including phenoxy) is 1. The SMILES string of the molecule is COc1ccc(-c2nc(C(=O)NCc3c(C)cccc3Cl)c(CN)o2)c2ccc(C(F)(F)F)nc12. The molecule has 2 heterocycles. The van der Waals surface area contributed by atoms with Gasteiger partial charge in [-0.2, -0.15) is 13.2 Å². The van der Waals surface area contributed by atoms with Crippen LogP contribution in [0.25, 0.3) is 22.4 Å². The Balaban J connectivity index is 1.72. The van der Waals surface area contributed by atoms with Crippen LogP contribution in [-0.4, -0.2) is 23.0 Å². The number of fused-ring (bicyclic) bond motifs is 1. The molecule has 7 nitrogen and oxygen atoms in total. The maximum atomic E-state index is 13.2. The quantitative estimate of drug-likeness (QED) is 0.371. The molecule has 182 valence electrons. The van der Waals surface area contributed by atoms with E-state index in [0.29, 0.717) is 16.0 Å². The number of rotatable bonds is 6. The summed E-state index contributed by atoms with van der Waals surface area (Å²) in [7, 11) is 1.33. The molecule has 0 bridgehead atoms. The van der Waals surface area contributed by atoms with Gasteiger partial charge in [-0.05, 0) is 48.4 Å². The van der Waals surface area contributed by atoms with Gasteiger partial charge in [0.15, 0.2) is 11.5 Å². The van der Waals surface area contributed by atoms with Crippen LogP contribution < -0.4 is 15.8 Å². The number of nitrogens with two attached hydrogens (primary N) is 1. The van der Waals surface area contributed by atoms with Gasteiger partial charge in [-0.15, -0.1) is 0 Å². The molecule has 1 amide bonds. The van der Waals surface area contributed by atoms with E-state index < -0.39 is 17.8 Å². The van der Waals surface area contributed by atoms with E-state index in [0.717, 1.165) is 17.2 Å². The Kier molecular flexibility index (Phi) is 6.68. The van der Waals surface area contributed by atoms with Crippen molar-refractivity contribution in [3.05, 3.63) is 75.8 Å². The highest BCUT2D eigenvalue weighted by Crippen LogP contribution is 2.37. The first-order valence-corrected chi connectivity index (χ1v) is 10.8. The monoisotopic (exact) mass is 504 g/mol. The van der Waals surface area contributed by atoms with Crippen molar-refractivity contribution in [3.63, 3.8) is 0 Å². The lowest BCUT2D eigenvalue weighted by molar-refractivity contribution is -0.140. The standard InChI is InChI=1S/C24H20ClF3N4O3/c1-12-4-3-5-16(25)15(12)11-30-22(33)21-18(10-29)35-23(32-21)14-6-8-17(34-2)20-13(14)7-9-19(31-20)24(26,27)28/h3-9H,10-11,29H2,1-2H3,(H,30,33). The number of aryl methyl sites for hydroxylation is 1. The van der Waals surface area contributed by atoms with Crippen LogP contribution in [0.3, 0.4) is 0 Å². The topological polar surface area (TPSA) is 103 Å². The minimum Gasteiger partial charge on any atom is -0.494 e. The van der Waals surface area contributed by atoms with Gasteiger partial charge in [-0.3, -0.25) is 4.79 Å². The lowest BCUT2D eigenvalue weighted by atomic mass is 10.1. The van der Waals surface area contributed by atoms with Crippen LogP contribution in [0.4, 0.5) is 13.2 Å². The Morgan fingerprint density at radius 1 is 1.17 bits per heavy atom. The van der Waals surface area contributed by atoms with E-state index in [4.69, 9.17) is 26.5 Å². The molecule has 11 heteroatoms. The molecule has 35 heavy (non-hydrogen) atoms. The van der Waals surface area contributed by atoms with E-state index in [-0.39, 0.29) is 41.7 Å². The van der Waals surface area contributed by atoms with Crippen LogP contribution >= 0.6 is 11.6 Å². The number of nitrogens with one attached hydrogen (secondary N) is 1. The van der Waals surface area contributed by atoms with Crippen LogP contribution in [0.15, 0.2) is 46.9 Å². The number of pyridine rings is 1. The Hall–Kier alpha value is -3.63. The average molecular weight is 505 g/mol. The number of alkyl halides is 3. The van der Waals surface area contributed by atoms with Crippen LogP contribution in [0, 0.1) is 6.92 Å². The molecule has 0 saturated heterocycles. The van der Waals surface area contributed by atoms with Crippen LogP contribution in [0.1, 0.15) is 33.1 Å². The number of halogens is 4. The van der Waals surface area contributed by atoms with Gasteiger partial charge >= 0.3 is 6.18 Å². The molecule has 2 aromatic heterocycles. The third kappa shape index (κ3) is 4.80. The fraction of sp³-hybridized carbons (Fsp3) is 0.208. The van der Waals surface area contributed by atoms with Crippen LogP contribution in [0.2, 0.25) is 5.02 Å². The number of amides is 1. The number of oxazole rings is 1. The van der Waals surface area contributed by atoms with Crippen molar-refractivity contribution < 1.29 is 27.1 Å². The molecule has 0 aliphatic carbocycles. The Labute approximate surface area is 203 Å². The highest BCUT2D eigenvalue weighted by molar-refractivity contribution is 6.31. The average Bonchev–Trinajstić information content (AvgIpc) is 3.26. The third-order valence-electron chi connectivity index (χ3n) is 5.44. The summed E-state index contributed by atoms with van der Waals surface area (Å²) >= 11 is 6.23. The zero-order chi connectivity index (χ0) is 25.3. The van der Waals surface area contributed by atoms with E-state index in [2.05, 4.69) is 15.3 Å². The van der Waals surface area contributed by atoms with Crippen molar-refractivity contribution in [1.29, 1.82) is 0 Å². The van der Waals surface area contributed by atoms with Crippen molar-refractivity contribution in [1.82, 2.24) is 15.3 Å². The molecule has 4 aromatic rings. The van der Waals surface area contributed by atoms with Crippen LogP contribution in [0.5, 0.6) is 5.75 Å². The molecule has 4 rings (SSSR count). The molecule has 0 aliphatic rings. The molecular weight excluding hydrogens is 485 g/mol. The van der Waals surface area contributed by atoms with Gasteiger partial charge in [-0.1, -0.05) is 23.7 Å². The van der Waals surface area contributed by atoms with E-state index >= 15 is 0 Å². The lowest BCUT2D eigenvalue weighted by Gasteiger charge is -2.11. The number of hydrogen-bond acceptors (Lipinski definition) is 6. The van der Waals surface area contributed by atoms with E-state index in [9.17, 15) is 18.0 Å². The zero-order valence-corrected chi connectivity index (χ0v) is 19.4. The first-order chi connectivity index (χ1) is 16.6. The second kappa shape index (κ2) is 9.55. The summed E-state index contributed by atoms with van der Waals surface area (Å²) in [5, 5.41) is 3.58. The van der Waals surface area contributed by atoms with Gasteiger partial charge in [0.2, 0.25) is 5.89 Å². The molecule has 0 radical (unpaired) electrons. The fourth-order valence-corrected chi connectivity index (χ4v) is 3.92. The second-order valence-corrected chi connectivity index (χ2v) is 8.03. The first-order valence-electron chi connectivity index (χ1n) is 10.4. The highest BCUT2D eigenvalue weighted by atomic mass is 35.5. The summed E-state index contributed by atoms with van der Waals surface area (Å²) in [6.45, 7) is 1.91. The van der Waals surface area contributed by atoms with Crippen molar-refractivity contribution in [3.8, 4) is 17.2 Å². The lowest BCUT2D eigenvalue weighted by Crippen LogP contribution is -2.25. The number of methoxy groups -OCH3 is 1. The van der Waals surface area contributed by atoms with E-state index in [1.807, 2.05) is 19.1 Å².